The van der Waals surface area contributed by atoms with E-state index in [0.29, 0.717) is 6.61 Å². The molecule has 1 heterocycles. The molecule has 0 N–H and O–H groups in total. The highest BCUT2D eigenvalue weighted by atomic mass is 16.7. The Kier molecular flexibility index (Phi) is 3.97. The maximum atomic E-state index is 12.2. The van der Waals surface area contributed by atoms with Crippen molar-refractivity contribution < 1.29 is 14.3 Å². The van der Waals surface area contributed by atoms with Crippen LogP contribution in [0.25, 0.3) is 0 Å². The molecule has 0 bridgehead atoms. The molecule has 0 spiro atoms. The Labute approximate surface area is 97.9 Å². The summed E-state index contributed by atoms with van der Waals surface area (Å²) in [5.74, 6) is -0.615. The normalized spacial score (nSPS) is 24.1. The molecule has 1 unspecified atom stereocenters. The van der Waals surface area contributed by atoms with Crippen molar-refractivity contribution in [1.82, 2.24) is 4.90 Å². The smallest absolute Gasteiger partial charge is 0.254 e. The van der Waals surface area contributed by atoms with Crippen LogP contribution in [0.5, 0.6) is 0 Å². The molecule has 4 heteroatoms. The number of ether oxygens (including phenoxy) is 2. The number of hydrogen-bond donors (Lipinski definition) is 0. The molecule has 94 valence electrons. The molecule has 0 aromatic rings. The summed E-state index contributed by atoms with van der Waals surface area (Å²) in [5.41, 5.74) is 0. The molecule has 1 atom stereocenters. The summed E-state index contributed by atoms with van der Waals surface area (Å²) >= 11 is 0. The fraction of sp³-hybridized carbons (Fsp3) is 0.917. The Hall–Kier alpha value is -0.610. The van der Waals surface area contributed by atoms with Gasteiger partial charge >= 0.3 is 0 Å². The van der Waals surface area contributed by atoms with Crippen molar-refractivity contribution in [3.05, 3.63) is 0 Å². The van der Waals surface area contributed by atoms with Crippen molar-refractivity contribution in [2.75, 3.05) is 6.61 Å². The van der Waals surface area contributed by atoms with Crippen LogP contribution in [0.4, 0.5) is 0 Å². The summed E-state index contributed by atoms with van der Waals surface area (Å²) in [7, 11) is 0. The number of amides is 1. The molecule has 4 nitrogen and oxygen atoms in total. The lowest BCUT2D eigenvalue weighted by Crippen LogP contribution is -2.48. The molecule has 0 aromatic heterocycles. The first kappa shape index (κ1) is 13.5. The Morgan fingerprint density at radius 1 is 1.25 bits per heavy atom. The predicted molar refractivity (Wildman–Crippen MR) is 62.0 cm³/mol. The second-order valence-corrected chi connectivity index (χ2v) is 5.25. The van der Waals surface area contributed by atoms with Gasteiger partial charge in [0.15, 0.2) is 11.9 Å². The van der Waals surface area contributed by atoms with E-state index >= 15 is 0 Å². The monoisotopic (exact) mass is 229 g/mol. The molecule has 0 saturated carbocycles. The zero-order valence-corrected chi connectivity index (χ0v) is 11.1. The van der Waals surface area contributed by atoms with Crippen LogP contribution in [0.1, 0.15) is 41.5 Å². The average Bonchev–Trinajstić information content (AvgIpc) is 2.44. The quantitative estimate of drug-likeness (QED) is 0.740. The maximum absolute atomic E-state index is 12.2. The fourth-order valence-electron chi connectivity index (χ4n) is 2.08. The molecule has 1 aliphatic rings. The third-order valence-electron chi connectivity index (χ3n) is 2.65. The van der Waals surface area contributed by atoms with Gasteiger partial charge in [0.25, 0.3) is 5.91 Å². The number of carbonyl (C=O) groups is 1. The molecule has 1 aliphatic heterocycles. The molecule has 16 heavy (non-hydrogen) atoms. The van der Waals surface area contributed by atoms with E-state index in [1.165, 1.54) is 0 Å². The largest absolute Gasteiger partial charge is 0.347 e. The standard InChI is InChI=1S/C12H23NO3/c1-8(2)13(9(3)4)11(14)10-7-15-12(5,6)16-10/h8-10H,7H2,1-6H3. The lowest BCUT2D eigenvalue weighted by Gasteiger charge is -2.32. The van der Waals surface area contributed by atoms with E-state index in [4.69, 9.17) is 9.47 Å². The maximum Gasteiger partial charge on any atom is 0.254 e. The number of nitrogens with zero attached hydrogens (tertiary/aromatic N) is 1. The predicted octanol–water partition coefficient (Wildman–Crippen LogP) is 1.78. The van der Waals surface area contributed by atoms with Crippen LogP contribution in [0.2, 0.25) is 0 Å². The van der Waals surface area contributed by atoms with Crippen LogP contribution in [-0.2, 0) is 14.3 Å². The van der Waals surface area contributed by atoms with E-state index in [9.17, 15) is 4.79 Å². The summed E-state index contributed by atoms with van der Waals surface area (Å²) in [5, 5.41) is 0. The Morgan fingerprint density at radius 3 is 2.06 bits per heavy atom. The van der Waals surface area contributed by atoms with Crippen LogP contribution in [0, 0.1) is 0 Å². The zero-order valence-electron chi connectivity index (χ0n) is 11.1. The van der Waals surface area contributed by atoms with Gasteiger partial charge in [0.1, 0.15) is 0 Å². The van der Waals surface area contributed by atoms with E-state index in [1.54, 1.807) is 0 Å². The summed E-state index contributed by atoms with van der Waals surface area (Å²) in [6.07, 6.45) is -0.459. The van der Waals surface area contributed by atoms with Crippen molar-refractivity contribution in [2.45, 2.75) is 65.5 Å². The van der Waals surface area contributed by atoms with Crippen LogP contribution in [0.3, 0.4) is 0 Å². The second kappa shape index (κ2) is 4.72. The van der Waals surface area contributed by atoms with Gasteiger partial charge in [-0.1, -0.05) is 0 Å². The second-order valence-electron chi connectivity index (χ2n) is 5.25. The van der Waals surface area contributed by atoms with Crippen molar-refractivity contribution in [3.8, 4) is 0 Å². The van der Waals surface area contributed by atoms with E-state index in [1.807, 2.05) is 46.4 Å². The molecule has 1 amide bonds. The van der Waals surface area contributed by atoms with E-state index in [2.05, 4.69) is 0 Å². The first-order chi connectivity index (χ1) is 7.24. The summed E-state index contributed by atoms with van der Waals surface area (Å²) in [4.78, 5) is 14.1. The number of hydrogen-bond acceptors (Lipinski definition) is 3. The van der Waals surface area contributed by atoms with E-state index < -0.39 is 11.9 Å². The van der Waals surface area contributed by atoms with Crippen LogP contribution < -0.4 is 0 Å². The van der Waals surface area contributed by atoms with E-state index in [-0.39, 0.29) is 18.0 Å². The van der Waals surface area contributed by atoms with E-state index in [0.717, 1.165) is 0 Å². The van der Waals surface area contributed by atoms with Gasteiger partial charge < -0.3 is 14.4 Å². The molecule has 0 aromatic carbocycles. The third kappa shape index (κ3) is 2.95. The zero-order chi connectivity index (χ0) is 12.5. The van der Waals surface area contributed by atoms with Crippen LogP contribution in [-0.4, -0.2) is 41.4 Å². The fourth-order valence-corrected chi connectivity index (χ4v) is 2.08. The average molecular weight is 229 g/mol. The van der Waals surface area contributed by atoms with Gasteiger partial charge in [-0.3, -0.25) is 4.79 Å². The highest BCUT2D eigenvalue weighted by Crippen LogP contribution is 2.24. The Balaban J connectivity index is 2.70. The van der Waals surface area contributed by atoms with Crippen molar-refractivity contribution >= 4 is 5.91 Å². The highest BCUT2D eigenvalue weighted by molar-refractivity contribution is 5.81. The number of carbonyl (C=O) groups excluding carboxylic acids is 1. The third-order valence-corrected chi connectivity index (χ3v) is 2.65. The number of rotatable bonds is 3. The molecule has 1 fully saturated rings. The minimum absolute atomic E-state index is 0.0237. The van der Waals surface area contributed by atoms with Gasteiger partial charge in [-0.05, 0) is 41.5 Å². The van der Waals surface area contributed by atoms with Gasteiger partial charge in [0.05, 0.1) is 6.61 Å². The highest BCUT2D eigenvalue weighted by Gasteiger charge is 2.39. The van der Waals surface area contributed by atoms with Gasteiger partial charge in [-0.15, -0.1) is 0 Å². The van der Waals surface area contributed by atoms with Gasteiger partial charge in [0.2, 0.25) is 0 Å². The van der Waals surface area contributed by atoms with Crippen molar-refractivity contribution in [1.29, 1.82) is 0 Å². The van der Waals surface area contributed by atoms with Gasteiger partial charge in [-0.25, -0.2) is 0 Å². The molecule has 0 radical (unpaired) electrons. The summed E-state index contributed by atoms with van der Waals surface area (Å²) in [6.45, 7) is 12.1. The summed E-state index contributed by atoms with van der Waals surface area (Å²) in [6, 6.07) is 0.361. The first-order valence-electron chi connectivity index (χ1n) is 5.88. The van der Waals surface area contributed by atoms with Crippen LogP contribution in [0.15, 0.2) is 0 Å². The molecule has 1 rings (SSSR count). The van der Waals surface area contributed by atoms with Crippen molar-refractivity contribution in [3.63, 3.8) is 0 Å². The summed E-state index contributed by atoms with van der Waals surface area (Å²) < 4.78 is 11.0. The van der Waals surface area contributed by atoms with Crippen LogP contribution >= 0.6 is 0 Å². The minimum atomic E-state index is -0.639. The lowest BCUT2D eigenvalue weighted by molar-refractivity contribution is -0.162. The van der Waals surface area contributed by atoms with Gasteiger partial charge in [0, 0.05) is 12.1 Å². The molecule has 0 aliphatic carbocycles. The minimum Gasteiger partial charge on any atom is -0.347 e. The molecular formula is C12H23NO3. The topological polar surface area (TPSA) is 38.8 Å². The molecular weight excluding hydrogens is 206 g/mol. The first-order valence-corrected chi connectivity index (χ1v) is 5.88. The lowest BCUT2D eigenvalue weighted by atomic mass is 10.2. The SMILES string of the molecule is CC(C)N(C(=O)C1COC(C)(C)O1)C(C)C. The van der Waals surface area contributed by atoms with Gasteiger partial charge in [-0.2, -0.15) is 0 Å². The Bertz CT molecular complexity index is 253. The van der Waals surface area contributed by atoms with Crippen molar-refractivity contribution in [2.24, 2.45) is 0 Å². The Morgan fingerprint density at radius 2 is 1.75 bits per heavy atom. The molecule has 1 saturated heterocycles.